The molecule has 0 saturated heterocycles. The lowest BCUT2D eigenvalue weighted by Gasteiger charge is -2.11. The van der Waals surface area contributed by atoms with Gasteiger partial charge in [0, 0.05) is 30.1 Å². The van der Waals surface area contributed by atoms with Crippen LogP contribution in [0.25, 0.3) is 0 Å². The van der Waals surface area contributed by atoms with E-state index in [0.29, 0.717) is 22.5 Å². The number of anilines is 1. The maximum atomic E-state index is 12.5. The molecule has 2 aromatic rings. The number of carbonyl (C=O) groups excluding carboxylic acids is 2. The fourth-order valence-corrected chi connectivity index (χ4v) is 3.68. The lowest BCUT2D eigenvalue weighted by atomic mass is 10.1. The van der Waals surface area contributed by atoms with E-state index in [1.807, 2.05) is 13.8 Å². The Balaban J connectivity index is 2.34. The highest BCUT2D eigenvalue weighted by Gasteiger charge is 2.22. The Morgan fingerprint density at radius 2 is 1.84 bits per heavy atom. The smallest absolute Gasteiger partial charge is 0.339 e. The van der Waals surface area contributed by atoms with E-state index in [9.17, 15) is 19.5 Å². The molecule has 0 radical (unpaired) electrons. The van der Waals surface area contributed by atoms with Crippen LogP contribution in [0.1, 0.15) is 48.4 Å². The molecule has 0 bridgehead atoms. The summed E-state index contributed by atoms with van der Waals surface area (Å²) in [7, 11) is 3.27. The van der Waals surface area contributed by atoms with Gasteiger partial charge in [-0.2, -0.15) is 0 Å². The van der Waals surface area contributed by atoms with Crippen LogP contribution in [0.3, 0.4) is 0 Å². The molecular weight excluding hydrogens is 340 g/mol. The Labute approximate surface area is 150 Å². The highest BCUT2D eigenvalue weighted by molar-refractivity contribution is 7.16. The number of hydrogen-bond donors (Lipinski definition) is 2. The molecule has 2 rings (SSSR count). The van der Waals surface area contributed by atoms with Crippen LogP contribution in [-0.4, -0.2) is 41.9 Å². The second-order valence-corrected chi connectivity index (χ2v) is 6.96. The molecular formula is C18H20N2O4S. The highest BCUT2D eigenvalue weighted by Crippen LogP contribution is 2.33. The molecule has 0 saturated carbocycles. The second kappa shape index (κ2) is 7.48. The van der Waals surface area contributed by atoms with Crippen LogP contribution in [-0.2, 0) is 6.42 Å². The van der Waals surface area contributed by atoms with E-state index in [4.69, 9.17) is 0 Å². The first-order valence-electron chi connectivity index (χ1n) is 7.74. The molecule has 0 spiro atoms. The number of aromatic carboxylic acids is 1. The molecule has 0 aliphatic heterocycles. The maximum Gasteiger partial charge on any atom is 0.339 e. The van der Waals surface area contributed by atoms with Gasteiger partial charge in [-0.3, -0.25) is 9.59 Å². The second-order valence-electron chi connectivity index (χ2n) is 5.73. The molecule has 132 valence electrons. The molecule has 1 aromatic carbocycles. The van der Waals surface area contributed by atoms with Crippen molar-refractivity contribution in [3.05, 3.63) is 51.4 Å². The van der Waals surface area contributed by atoms with Gasteiger partial charge in [0.1, 0.15) is 5.00 Å². The quantitative estimate of drug-likeness (QED) is 0.857. The van der Waals surface area contributed by atoms with Crippen LogP contribution >= 0.6 is 11.3 Å². The van der Waals surface area contributed by atoms with Gasteiger partial charge in [0.05, 0.1) is 5.56 Å². The van der Waals surface area contributed by atoms with E-state index in [-0.39, 0.29) is 11.5 Å². The van der Waals surface area contributed by atoms with Gasteiger partial charge in [0.2, 0.25) is 0 Å². The Bertz CT molecular complexity index is 840. The lowest BCUT2D eigenvalue weighted by molar-refractivity contribution is 0.0696. The third-order valence-corrected chi connectivity index (χ3v) is 4.84. The average molecular weight is 360 g/mol. The van der Waals surface area contributed by atoms with Crippen LogP contribution in [0.4, 0.5) is 5.00 Å². The lowest BCUT2D eigenvalue weighted by Crippen LogP contribution is -2.22. The minimum atomic E-state index is -1.06. The van der Waals surface area contributed by atoms with Gasteiger partial charge >= 0.3 is 5.97 Å². The summed E-state index contributed by atoms with van der Waals surface area (Å²) < 4.78 is 0. The highest BCUT2D eigenvalue weighted by atomic mass is 32.1. The van der Waals surface area contributed by atoms with Crippen molar-refractivity contribution in [2.24, 2.45) is 0 Å². The summed E-state index contributed by atoms with van der Waals surface area (Å²) in [6, 6.07) is 6.34. The molecule has 0 aliphatic carbocycles. The Morgan fingerprint density at radius 3 is 2.40 bits per heavy atom. The van der Waals surface area contributed by atoms with Crippen molar-refractivity contribution in [3.8, 4) is 0 Å². The van der Waals surface area contributed by atoms with Gasteiger partial charge in [0.25, 0.3) is 11.8 Å². The first-order chi connectivity index (χ1) is 11.8. The minimum absolute atomic E-state index is 0.138. The number of carboxylic acids is 1. The van der Waals surface area contributed by atoms with Gasteiger partial charge in [-0.15, -0.1) is 11.3 Å². The van der Waals surface area contributed by atoms with Gasteiger partial charge < -0.3 is 15.3 Å². The third-order valence-electron chi connectivity index (χ3n) is 3.78. The number of carbonyl (C=O) groups is 3. The maximum absolute atomic E-state index is 12.5. The van der Waals surface area contributed by atoms with Crippen LogP contribution in [0.2, 0.25) is 0 Å². The number of benzene rings is 1. The van der Waals surface area contributed by atoms with Crippen LogP contribution < -0.4 is 5.32 Å². The number of nitrogens with zero attached hydrogens (tertiary/aromatic N) is 1. The standard InChI is InChI=1S/C18H20N2O4S/c1-5-13-10(2)25-16(14(13)18(23)24)19-15(21)11-7-6-8-12(9-11)17(22)20(3)4/h6-9H,5H2,1-4H3,(H,19,21)(H,23,24). The third kappa shape index (κ3) is 3.88. The molecule has 1 heterocycles. The van der Waals surface area contributed by atoms with Crippen molar-refractivity contribution < 1.29 is 19.5 Å². The van der Waals surface area contributed by atoms with Crippen LogP contribution in [0.5, 0.6) is 0 Å². The van der Waals surface area contributed by atoms with Gasteiger partial charge in [-0.25, -0.2) is 4.79 Å². The van der Waals surface area contributed by atoms with Crippen molar-refractivity contribution >= 4 is 34.1 Å². The summed E-state index contributed by atoms with van der Waals surface area (Å²) in [5.41, 5.74) is 1.56. The number of aryl methyl sites for hydroxylation is 1. The number of nitrogens with one attached hydrogen (secondary N) is 1. The zero-order valence-corrected chi connectivity index (χ0v) is 15.4. The molecule has 0 atom stereocenters. The van der Waals surface area contributed by atoms with Crippen molar-refractivity contribution in [2.45, 2.75) is 20.3 Å². The normalized spacial score (nSPS) is 10.4. The van der Waals surface area contributed by atoms with Crippen molar-refractivity contribution in [1.82, 2.24) is 4.90 Å². The monoisotopic (exact) mass is 360 g/mol. The average Bonchev–Trinajstić information content (AvgIpc) is 2.89. The number of thiophene rings is 1. The number of rotatable bonds is 5. The Morgan fingerprint density at radius 1 is 1.20 bits per heavy atom. The molecule has 2 amide bonds. The largest absolute Gasteiger partial charge is 0.478 e. The number of amides is 2. The fraction of sp³-hybridized carbons (Fsp3) is 0.278. The van der Waals surface area contributed by atoms with Gasteiger partial charge in [-0.1, -0.05) is 13.0 Å². The summed E-state index contributed by atoms with van der Waals surface area (Å²) in [5, 5.41) is 12.4. The predicted molar refractivity (Wildman–Crippen MR) is 97.8 cm³/mol. The Hall–Kier alpha value is -2.67. The molecule has 0 unspecified atom stereocenters. The predicted octanol–water partition coefficient (Wildman–Crippen LogP) is 3.27. The first kappa shape index (κ1) is 18.7. The van der Waals surface area contributed by atoms with Crippen LogP contribution in [0.15, 0.2) is 24.3 Å². The van der Waals surface area contributed by atoms with E-state index in [0.717, 1.165) is 10.4 Å². The van der Waals surface area contributed by atoms with E-state index in [1.165, 1.54) is 22.3 Å². The van der Waals surface area contributed by atoms with Gasteiger partial charge in [0.15, 0.2) is 0 Å². The fourth-order valence-electron chi connectivity index (χ4n) is 2.55. The topological polar surface area (TPSA) is 86.7 Å². The van der Waals surface area contributed by atoms with Gasteiger partial charge in [-0.05, 0) is 37.1 Å². The molecule has 2 N–H and O–H groups in total. The van der Waals surface area contributed by atoms with Crippen molar-refractivity contribution in [2.75, 3.05) is 19.4 Å². The molecule has 0 fully saturated rings. The molecule has 6 nitrogen and oxygen atoms in total. The van der Waals surface area contributed by atoms with Crippen molar-refractivity contribution in [1.29, 1.82) is 0 Å². The number of hydrogen-bond acceptors (Lipinski definition) is 4. The van der Waals surface area contributed by atoms with E-state index in [2.05, 4.69) is 5.32 Å². The van der Waals surface area contributed by atoms with E-state index >= 15 is 0 Å². The first-order valence-corrected chi connectivity index (χ1v) is 8.56. The molecule has 0 aliphatic rings. The Kier molecular flexibility index (Phi) is 5.58. The molecule has 25 heavy (non-hydrogen) atoms. The summed E-state index contributed by atoms with van der Waals surface area (Å²) in [6.07, 6.45) is 0.576. The SMILES string of the molecule is CCc1c(C)sc(NC(=O)c2cccc(C(=O)N(C)C)c2)c1C(=O)O. The van der Waals surface area contributed by atoms with E-state index in [1.54, 1.807) is 32.3 Å². The summed E-state index contributed by atoms with van der Waals surface area (Å²) in [4.78, 5) is 38.4. The summed E-state index contributed by atoms with van der Waals surface area (Å²) >= 11 is 1.24. The zero-order valence-electron chi connectivity index (χ0n) is 14.5. The van der Waals surface area contributed by atoms with E-state index < -0.39 is 11.9 Å². The summed E-state index contributed by atoms with van der Waals surface area (Å²) in [5.74, 6) is -1.71. The molecule has 7 heteroatoms. The number of carboxylic acid groups (broad SMARTS) is 1. The van der Waals surface area contributed by atoms with Crippen molar-refractivity contribution in [3.63, 3.8) is 0 Å². The minimum Gasteiger partial charge on any atom is -0.478 e. The zero-order chi connectivity index (χ0) is 18.7. The van der Waals surface area contributed by atoms with Crippen LogP contribution in [0, 0.1) is 6.92 Å². The molecule has 1 aromatic heterocycles. The summed E-state index contributed by atoms with van der Waals surface area (Å²) in [6.45, 7) is 3.71.